The summed E-state index contributed by atoms with van der Waals surface area (Å²) in [5.41, 5.74) is 1.07. The molecule has 0 radical (unpaired) electrons. The first-order chi connectivity index (χ1) is 13.0. The van der Waals surface area contributed by atoms with E-state index >= 15 is 0 Å². The van der Waals surface area contributed by atoms with Gasteiger partial charge in [-0.3, -0.25) is 9.69 Å². The van der Waals surface area contributed by atoms with Crippen LogP contribution in [0.1, 0.15) is 44.7 Å². The summed E-state index contributed by atoms with van der Waals surface area (Å²) in [6.45, 7) is 7.86. The molecule has 2 rings (SSSR count). The number of rotatable bonds is 10. The van der Waals surface area contributed by atoms with Crippen LogP contribution in [0.4, 0.5) is 0 Å². The summed E-state index contributed by atoms with van der Waals surface area (Å²) in [4.78, 5) is 15.2. The second-order valence-electron chi connectivity index (χ2n) is 6.78. The van der Waals surface area contributed by atoms with Gasteiger partial charge in [-0.2, -0.15) is 0 Å². The smallest absolute Gasteiger partial charge is 0.234 e. The fraction of sp³-hybridized carbons (Fsp3) is 0.524. The van der Waals surface area contributed by atoms with E-state index < -0.39 is 18.1 Å². The van der Waals surface area contributed by atoms with Crippen LogP contribution in [0.5, 0.6) is 0 Å². The van der Waals surface area contributed by atoms with Crippen LogP contribution in [0, 0.1) is 5.92 Å². The highest BCUT2D eigenvalue weighted by Gasteiger charge is 2.41. The van der Waals surface area contributed by atoms with E-state index in [1.807, 2.05) is 30.3 Å². The van der Waals surface area contributed by atoms with Crippen LogP contribution in [-0.2, 0) is 9.53 Å². The largest absolute Gasteiger partial charge is 0.390 e. The lowest BCUT2D eigenvalue weighted by molar-refractivity contribution is -0.141. The minimum absolute atomic E-state index is 0.0862. The Morgan fingerprint density at radius 1 is 1.48 bits per heavy atom. The lowest BCUT2D eigenvalue weighted by Crippen LogP contribution is -2.46. The molecule has 27 heavy (non-hydrogen) atoms. The molecule has 0 aliphatic carbocycles. The molecule has 1 heterocycles. The normalized spacial score (nSPS) is 20.3. The van der Waals surface area contributed by atoms with Gasteiger partial charge in [-0.1, -0.05) is 80.2 Å². The molecule has 1 aliphatic heterocycles. The minimum atomic E-state index is -0.881. The Kier molecular flexibility index (Phi) is 8.96. The number of carbonyl (C=O) groups excluding carboxylic acids is 1. The fourth-order valence-electron chi connectivity index (χ4n) is 3.27. The maximum Gasteiger partial charge on any atom is 0.234 e. The van der Waals surface area contributed by atoms with Gasteiger partial charge in [-0.15, -0.1) is 6.58 Å². The third-order valence-electron chi connectivity index (χ3n) is 4.85. The SMILES string of the molecule is C=CCO[C@@H](C)[C@H](O)[C@@H](CCCC)C(=O)N1C(=S)SC[C@H]1c1ccccc1. The molecular formula is C21H29NO3S2. The molecule has 0 bridgehead atoms. The van der Waals surface area contributed by atoms with Crippen molar-refractivity contribution in [2.45, 2.75) is 51.4 Å². The van der Waals surface area contributed by atoms with Gasteiger partial charge in [0.2, 0.25) is 5.91 Å². The number of ether oxygens (including phenoxy) is 1. The minimum Gasteiger partial charge on any atom is -0.390 e. The summed E-state index contributed by atoms with van der Waals surface area (Å²) in [7, 11) is 0. The number of aliphatic hydroxyl groups excluding tert-OH is 1. The molecule has 0 unspecified atom stereocenters. The average molecular weight is 408 g/mol. The Morgan fingerprint density at radius 3 is 2.81 bits per heavy atom. The predicted molar refractivity (Wildman–Crippen MR) is 116 cm³/mol. The first-order valence-corrected chi connectivity index (χ1v) is 10.9. The molecule has 1 N–H and O–H groups in total. The predicted octanol–water partition coefficient (Wildman–Crippen LogP) is 4.35. The number of aliphatic hydroxyl groups is 1. The van der Waals surface area contributed by atoms with Crippen LogP contribution in [0.25, 0.3) is 0 Å². The Hall–Kier alpha value is -1.21. The van der Waals surface area contributed by atoms with Gasteiger partial charge in [0.15, 0.2) is 0 Å². The molecule has 1 saturated heterocycles. The van der Waals surface area contributed by atoms with E-state index in [1.165, 1.54) is 11.8 Å². The lowest BCUT2D eigenvalue weighted by Gasteiger charge is -2.32. The molecule has 148 valence electrons. The highest BCUT2D eigenvalue weighted by Crippen LogP contribution is 2.37. The van der Waals surface area contributed by atoms with Crippen LogP contribution in [0.2, 0.25) is 0 Å². The van der Waals surface area contributed by atoms with Crippen LogP contribution in [0.15, 0.2) is 43.0 Å². The van der Waals surface area contributed by atoms with Crippen molar-refractivity contribution in [2.75, 3.05) is 12.4 Å². The van der Waals surface area contributed by atoms with E-state index in [9.17, 15) is 9.90 Å². The molecule has 0 aromatic heterocycles. The topological polar surface area (TPSA) is 49.8 Å². The van der Waals surface area contributed by atoms with E-state index in [2.05, 4.69) is 13.5 Å². The zero-order chi connectivity index (χ0) is 19.8. The van der Waals surface area contributed by atoms with E-state index in [0.29, 0.717) is 17.3 Å². The van der Waals surface area contributed by atoms with Gasteiger partial charge >= 0.3 is 0 Å². The van der Waals surface area contributed by atoms with Crippen molar-refractivity contribution < 1.29 is 14.6 Å². The molecule has 1 aliphatic rings. The average Bonchev–Trinajstić information content (AvgIpc) is 3.08. The highest BCUT2D eigenvalue weighted by molar-refractivity contribution is 8.23. The van der Waals surface area contributed by atoms with Crippen molar-refractivity contribution in [1.29, 1.82) is 0 Å². The van der Waals surface area contributed by atoms with Crippen molar-refractivity contribution in [2.24, 2.45) is 5.92 Å². The summed E-state index contributed by atoms with van der Waals surface area (Å²) in [5, 5.41) is 10.8. The van der Waals surface area contributed by atoms with E-state index in [4.69, 9.17) is 17.0 Å². The quantitative estimate of drug-likeness (QED) is 0.462. The summed E-state index contributed by atoms with van der Waals surface area (Å²) < 4.78 is 6.17. The van der Waals surface area contributed by atoms with Gasteiger partial charge in [0, 0.05) is 5.75 Å². The number of unbranched alkanes of at least 4 members (excludes halogenated alkanes) is 1. The van der Waals surface area contributed by atoms with Crippen LogP contribution in [-0.4, -0.2) is 44.8 Å². The first kappa shape index (κ1) is 22.1. The number of benzene rings is 1. The zero-order valence-corrected chi connectivity index (χ0v) is 17.7. The molecule has 0 saturated carbocycles. The molecule has 0 spiro atoms. The van der Waals surface area contributed by atoms with Crippen molar-refractivity contribution in [3.63, 3.8) is 0 Å². The number of hydrogen-bond donors (Lipinski definition) is 1. The van der Waals surface area contributed by atoms with Crippen molar-refractivity contribution in [1.82, 2.24) is 4.90 Å². The molecule has 1 fully saturated rings. The van der Waals surface area contributed by atoms with Gasteiger partial charge in [-0.05, 0) is 18.9 Å². The Balaban J connectivity index is 2.23. The summed E-state index contributed by atoms with van der Waals surface area (Å²) in [6, 6.07) is 9.86. The van der Waals surface area contributed by atoms with Crippen LogP contribution in [0.3, 0.4) is 0 Å². The summed E-state index contributed by atoms with van der Waals surface area (Å²) >= 11 is 7.01. The van der Waals surface area contributed by atoms with Gasteiger partial charge < -0.3 is 9.84 Å². The summed E-state index contributed by atoms with van der Waals surface area (Å²) in [5.74, 6) is 0.106. The Labute approximate surface area is 172 Å². The number of thioether (sulfide) groups is 1. The van der Waals surface area contributed by atoms with Gasteiger partial charge in [0.05, 0.1) is 30.8 Å². The molecule has 1 aromatic rings. The number of hydrogen-bond acceptors (Lipinski definition) is 5. The monoisotopic (exact) mass is 407 g/mol. The van der Waals surface area contributed by atoms with Gasteiger partial charge in [-0.25, -0.2) is 0 Å². The standard InChI is InChI=1S/C21H29NO3S2/c1-4-6-12-17(19(23)15(3)25-13-5-2)20(24)22-18(14-27-21(22)26)16-10-8-7-9-11-16/h5,7-11,15,17-19,23H,2,4,6,12-14H2,1,3H3/t15-,17+,18-,19-/m0/s1. The maximum atomic E-state index is 13.5. The van der Waals surface area contributed by atoms with Crippen molar-refractivity contribution in [3.05, 3.63) is 48.6 Å². The fourth-order valence-corrected chi connectivity index (χ4v) is 4.69. The van der Waals surface area contributed by atoms with E-state index in [-0.39, 0.29) is 11.9 Å². The van der Waals surface area contributed by atoms with Crippen LogP contribution < -0.4 is 0 Å². The maximum absolute atomic E-state index is 13.5. The molecule has 6 heteroatoms. The lowest BCUT2D eigenvalue weighted by atomic mass is 9.90. The van der Waals surface area contributed by atoms with E-state index in [0.717, 1.165) is 24.2 Å². The second-order valence-corrected chi connectivity index (χ2v) is 8.43. The Bertz CT molecular complexity index is 638. The summed E-state index contributed by atoms with van der Waals surface area (Å²) in [6.07, 6.45) is 2.75. The highest BCUT2D eigenvalue weighted by atomic mass is 32.2. The van der Waals surface area contributed by atoms with Gasteiger partial charge in [0.1, 0.15) is 4.32 Å². The molecular weight excluding hydrogens is 378 g/mol. The van der Waals surface area contributed by atoms with Crippen molar-refractivity contribution >= 4 is 34.2 Å². The van der Waals surface area contributed by atoms with Crippen LogP contribution >= 0.6 is 24.0 Å². The molecule has 1 amide bonds. The van der Waals surface area contributed by atoms with E-state index in [1.54, 1.807) is 17.9 Å². The molecule has 4 nitrogen and oxygen atoms in total. The zero-order valence-electron chi connectivity index (χ0n) is 16.0. The number of amides is 1. The third kappa shape index (κ3) is 5.64. The number of thiocarbonyl (C=S) groups is 1. The van der Waals surface area contributed by atoms with Crippen molar-refractivity contribution in [3.8, 4) is 0 Å². The number of carbonyl (C=O) groups is 1. The second kappa shape index (κ2) is 11.0. The number of nitrogens with zero attached hydrogens (tertiary/aromatic N) is 1. The molecule has 4 atom stereocenters. The molecule has 1 aromatic carbocycles. The van der Waals surface area contributed by atoms with Gasteiger partial charge in [0.25, 0.3) is 0 Å². The first-order valence-electron chi connectivity index (χ1n) is 9.46. The Morgan fingerprint density at radius 2 is 2.19 bits per heavy atom. The third-order valence-corrected chi connectivity index (χ3v) is 6.33.